The third kappa shape index (κ3) is 5.03. The van der Waals surface area contributed by atoms with Gasteiger partial charge in [0, 0.05) is 11.3 Å². The summed E-state index contributed by atoms with van der Waals surface area (Å²) in [6.45, 7) is 4.20. The molecule has 0 amide bonds. The summed E-state index contributed by atoms with van der Waals surface area (Å²) in [6.07, 6.45) is 4.04. The second-order valence-electron chi connectivity index (χ2n) is 3.74. The van der Waals surface area contributed by atoms with Gasteiger partial charge in [-0.3, -0.25) is 4.79 Å². The first-order chi connectivity index (χ1) is 7.22. The first-order valence-corrected chi connectivity index (χ1v) is 6.31. The summed E-state index contributed by atoms with van der Waals surface area (Å²) in [5.41, 5.74) is 1.23. The molecule has 1 nitrogen and oxygen atoms in total. The van der Waals surface area contributed by atoms with E-state index in [0.717, 1.165) is 17.7 Å². The van der Waals surface area contributed by atoms with Crippen molar-refractivity contribution in [2.45, 2.75) is 44.4 Å². The molecule has 82 valence electrons. The van der Waals surface area contributed by atoms with E-state index in [4.69, 9.17) is 0 Å². The molecular weight excluding hydrogens is 204 g/mol. The van der Waals surface area contributed by atoms with Crippen LogP contribution in [0.25, 0.3) is 0 Å². The Kier molecular flexibility index (Phi) is 5.48. The number of hydrogen-bond donors (Lipinski definition) is 0. The van der Waals surface area contributed by atoms with Gasteiger partial charge in [0.1, 0.15) is 0 Å². The molecule has 0 radical (unpaired) electrons. The van der Waals surface area contributed by atoms with Gasteiger partial charge in [-0.15, -0.1) is 0 Å². The highest BCUT2D eigenvalue weighted by atomic mass is 32.2. The summed E-state index contributed by atoms with van der Waals surface area (Å²) in [7, 11) is 0. The molecule has 1 aromatic carbocycles. The van der Waals surface area contributed by atoms with Gasteiger partial charge in [-0.25, -0.2) is 0 Å². The van der Waals surface area contributed by atoms with Crippen molar-refractivity contribution in [2.24, 2.45) is 0 Å². The van der Waals surface area contributed by atoms with Crippen molar-refractivity contribution in [1.82, 2.24) is 0 Å². The lowest BCUT2D eigenvalue weighted by atomic mass is 10.2. The van der Waals surface area contributed by atoms with Gasteiger partial charge in [-0.05, 0) is 25.5 Å². The van der Waals surface area contributed by atoms with Crippen molar-refractivity contribution in [1.29, 1.82) is 0 Å². The molecule has 0 unspecified atom stereocenters. The second kappa shape index (κ2) is 6.67. The lowest BCUT2D eigenvalue weighted by Gasteiger charge is -2.00. The van der Waals surface area contributed by atoms with Crippen molar-refractivity contribution in [3.63, 3.8) is 0 Å². The summed E-state index contributed by atoms with van der Waals surface area (Å²) >= 11 is 1.36. The van der Waals surface area contributed by atoms with Gasteiger partial charge in [0.2, 0.25) is 0 Å². The van der Waals surface area contributed by atoms with E-state index in [1.54, 1.807) is 0 Å². The minimum absolute atomic E-state index is 0.285. The number of aryl methyl sites for hydroxylation is 1. The van der Waals surface area contributed by atoms with E-state index in [1.807, 2.05) is 24.3 Å². The quantitative estimate of drug-likeness (QED) is 0.549. The number of hydrogen-bond acceptors (Lipinski definition) is 2. The summed E-state index contributed by atoms with van der Waals surface area (Å²) in [5, 5.41) is 0.285. The standard InChI is InChI=1S/C13H18OS/c1-3-4-5-6-13(14)15-12-9-7-11(2)8-10-12/h7-10H,3-6H2,1-2H3. The largest absolute Gasteiger partial charge is 0.287 e. The third-order valence-corrected chi connectivity index (χ3v) is 3.18. The van der Waals surface area contributed by atoms with Crippen LogP contribution in [0.5, 0.6) is 0 Å². The maximum Gasteiger partial charge on any atom is 0.193 e. The van der Waals surface area contributed by atoms with Crippen LogP contribution in [0.2, 0.25) is 0 Å². The van der Waals surface area contributed by atoms with Crippen LogP contribution in [0, 0.1) is 6.92 Å². The molecule has 0 aliphatic carbocycles. The van der Waals surface area contributed by atoms with E-state index in [0.29, 0.717) is 6.42 Å². The fourth-order valence-electron chi connectivity index (χ4n) is 1.31. The molecule has 0 spiro atoms. The Hall–Kier alpha value is -0.760. The van der Waals surface area contributed by atoms with Gasteiger partial charge in [0.25, 0.3) is 0 Å². The fraction of sp³-hybridized carbons (Fsp3) is 0.462. The SMILES string of the molecule is CCCCCC(=O)Sc1ccc(C)cc1. The number of carbonyl (C=O) groups is 1. The van der Waals surface area contributed by atoms with E-state index in [9.17, 15) is 4.79 Å². The first-order valence-electron chi connectivity index (χ1n) is 5.49. The zero-order valence-corrected chi connectivity index (χ0v) is 10.3. The van der Waals surface area contributed by atoms with Crippen LogP contribution in [0.3, 0.4) is 0 Å². The number of rotatable bonds is 5. The molecule has 0 aliphatic rings. The molecular formula is C13H18OS. The Balaban J connectivity index is 2.34. The van der Waals surface area contributed by atoms with Gasteiger partial charge in [0.15, 0.2) is 5.12 Å². The van der Waals surface area contributed by atoms with Crippen molar-refractivity contribution in [2.75, 3.05) is 0 Å². The highest BCUT2D eigenvalue weighted by Crippen LogP contribution is 2.21. The highest BCUT2D eigenvalue weighted by molar-refractivity contribution is 8.13. The number of thioether (sulfide) groups is 1. The summed E-state index contributed by atoms with van der Waals surface area (Å²) in [6, 6.07) is 8.11. The predicted molar refractivity (Wildman–Crippen MR) is 66.2 cm³/mol. The number of unbranched alkanes of at least 4 members (excludes halogenated alkanes) is 2. The monoisotopic (exact) mass is 222 g/mol. The molecule has 0 aliphatic heterocycles. The molecule has 2 heteroatoms. The van der Waals surface area contributed by atoms with Gasteiger partial charge in [0.05, 0.1) is 0 Å². The molecule has 0 saturated carbocycles. The Morgan fingerprint density at radius 2 is 1.87 bits per heavy atom. The first kappa shape index (κ1) is 12.3. The summed E-state index contributed by atoms with van der Waals surface area (Å²) in [4.78, 5) is 12.6. The molecule has 15 heavy (non-hydrogen) atoms. The highest BCUT2D eigenvalue weighted by Gasteiger charge is 2.03. The number of carbonyl (C=O) groups excluding carboxylic acids is 1. The van der Waals surface area contributed by atoms with Gasteiger partial charge in [-0.1, -0.05) is 49.2 Å². The predicted octanol–water partition coefficient (Wildman–Crippen LogP) is 4.19. The summed E-state index contributed by atoms with van der Waals surface area (Å²) in [5.74, 6) is 0. The van der Waals surface area contributed by atoms with E-state index in [-0.39, 0.29) is 5.12 Å². The van der Waals surface area contributed by atoms with Crippen LogP contribution in [0.15, 0.2) is 29.2 Å². The molecule has 0 aromatic heterocycles. The van der Waals surface area contributed by atoms with Crippen LogP contribution in [0.1, 0.15) is 38.2 Å². The average Bonchev–Trinajstić information content (AvgIpc) is 2.22. The second-order valence-corrected chi connectivity index (χ2v) is 4.88. The van der Waals surface area contributed by atoms with Crippen molar-refractivity contribution in [3.05, 3.63) is 29.8 Å². The maximum absolute atomic E-state index is 11.5. The molecule has 0 heterocycles. The molecule has 0 fully saturated rings. The Bertz CT molecular complexity index is 303. The van der Waals surface area contributed by atoms with Crippen LogP contribution < -0.4 is 0 Å². The van der Waals surface area contributed by atoms with E-state index >= 15 is 0 Å². The Morgan fingerprint density at radius 1 is 1.20 bits per heavy atom. The van der Waals surface area contributed by atoms with Gasteiger partial charge < -0.3 is 0 Å². The fourth-order valence-corrected chi connectivity index (χ4v) is 2.09. The molecule has 0 bridgehead atoms. The minimum atomic E-state index is 0.285. The maximum atomic E-state index is 11.5. The number of benzene rings is 1. The zero-order valence-electron chi connectivity index (χ0n) is 9.45. The minimum Gasteiger partial charge on any atom is -0.287 e. The van der Waals surface area contributed by atoms with E-state index in [1.165, 1.54) is 23.7 Å². The molecule has 0 N–H and O–H groups in total. The lowest BCUT2D eigenvalue weighted by molar-refractivity contribution is -0.111. The average molecular weight is 222 g/mol. The smallest absolute Gasteiger partial charge is 0.193 e. The van der Waals surface area contributed by atoms with E-state index < -0.39 is 0 Å². The van der Waals surface area contributed by atoms with Crippen LogP contribution in [-0.4, -0.2) is 5.12 Å². The molecule has 1 aromatic rings. The molecule has 1 rings (SSSR count). The van der Waals surface area contributed by atoms with Gasteiger partial charge >= 0.3 is 0 Å². The Morgan fingerprint density at radius 3 is 2.47 bits per heavy atom. The topological polar surface area (TPSA) is 17.1 Å². The summed E-state index contributed by atoms with van der Waals surface area (Å²) < 4.78 is 0. The van der Waals surface area contributed by atoms with Crippen LogP contribution >= 0.6 is 11.8 Å². The van der Waals surface area contributed by atoms with E-state index in [2.05, 4.69) is 13.8 Å². The van der Waals surface area contributed by atoms with Crippen LogP contribution in [-0.2, 0) is 4.79 Å². The van der Waals surface area contributed by atoms with Crippen molar-refractivity contribution < 1.29 is 4.79 Å². The van der Waals surface area contributed by atoms with Crippen LogP contribution in [0.4, 0.5) is 0 Å². The van der Waals surface area contributed by atoms with Crippen molar-refractivity contribution >= 4 is 16.9 Å². The van der Waals surface area contributed by atoms with Gasteiger partial charge in [-0.2, -0.15) is 0 Å². The third-order valence-electron chi connectivity index (χ3n) is 2.24. The van der Waals surface area contributed by atoms with Crippen molar-refractivity contribution in [3.8, 4) is 0 Å². The Labute approximate surface area is 96.3 Å². The normalized spacial score (nSPS) is 10.3. The molecule has 0 atom stereocenters. The molecule has 0 saturated heterocycles. The zero-order chi connectivity index (χ0) is 11.1. The lowest BCUT2D eigenvalue weighted by Crippen LogP contribution is -1.91.